The maximum atomic E-state index is 12.1. The second-order valence-corrected chi connectivity index (χ2v) is 4.86. The van der Waals surface area contributed by atoms with Gasteiger partial charge in [-0.1, -0.05) is 33.1 Å². The van der Waals surface area contributed by atoms with E-state index < -0.39 is 12.1 Å². The zero-order valence-electron chi connectivity index (χ0n) is 10.7. The van der Waals surface area contributed by atoms with Gasteiger partial charge in [-0.25, -0.2) is 4.79 Å². The predicted octanol–water partition coefficient (Wildman–Crippen LogP) is 1.13. The van der Waals surface area contributed by atoms with Gasteiger partial charge in [0, 0.05) is 6.04 Å². The first-order valence-electron chi connectivity index (χ1n) is 6.41. The Kier molecular flexibility index (Phi) is 5.25. The van der Waals surface area contributed by atoms with Gasteiger partial charge in [-0.15, -0.1) is 0 Å². The quantitative estimate of drug-likeness (QED) is 0.674. The normalized spacial score (nSPS) is 19.6. The van der Waals surface area contributed by atoms with Crippen LogP contribution in [0.15, 0.2) is 0 Å². The lowest BCUT2D eigenvalue weighted by molar-refractivity contribution is -0.124. The molecular formula is C12H23N3O2. The fraction of sp³-hybridized carbons (Fsp3) is 0.833. The van der Waals surface area contributed by atoms with E-state index in [0.717, 1.165) is 19.3 Å². The number of carbonyl (C=O) groups excluding carboxylic acids is 2. The summed E-state index contributed by atoms with van der Waals surface area (Å²) < 4.78 is 0. The van der Waals surface area contributed by atoms with E-state index in [2.05, 4.69) is 10.6 Å². The minimum absolute atomic E-state index is 0.0869. The molecular weight excluding hydrogens is 218 g/mol. The molecule has 0 spiro atoms. The second-order valence-electron chi connectivity index (χ2n) is 4.86. The third kappa shape index (κ3) is 4.24. The highest BCUT2D eigenvalue weighted by molar-refractivity contribution is 5.87. The minimum atomic E-state index is -0.642. The van der Waals surface area contributed by atoms with Crippen molar-refractivity contribution in [3.05, 3.63) is 0 Å². The summed E-state index contributed by atoms with van der Waals surface area (Å²) in [6.45, 7) is 3.93. The number of nitrogens with two attached hydrogens (primary N) is 1. The molecule has 1 aliphatic carbocycles. The van der Waals surface area contributed by atoms with Crippen molar-refractivity contribution in [2.75, 3.05) is 0 Å². The van der Waals surface area contributed by atoms with Gasteiger partial charge in [0.1, 0.15) is 6.04 Å². The van der Waals surface area contributed by atoms with Gasteiger partial charge < -0.3 is 16.4 Å². The van der Waals surface area contributed by atoms with Crippen LogP contribution in [0.3, 0.4) is 0 Å². The number of nitrogens with one attached hydrogen (secondary N) is 2. The maximum absolute atomic E-state index is 12.1. The standard InChI is InChI=1S/C12H23N3O2/c1-3-8(2)10(15-12(13)17)11(16)14-9-6-4-5-7-9/h8-10H,3-7H2,1-2H3,(H,14,16)(H3,13,15,17). The number of rotatable bonds is 5. The van der Waals surface area contributed by atoms with Crippen LogP contribution in [0.2, 0.25) is 0 Å². The van der Waals surface area contributed by atoms with Crippen LogP contribution in [0.5, 0.6) is 0 Å². The molecule has 0 saturated heterocycles. The van der Waals surface area contributed by atoms with Gasteiger partial charge in [0.25, 0.3) is 0 Å². The second kappa shape index (κ2) is 6.47. The van der Waals surface area contributed by atoms with Crippen LogP contribution in [-0.2, 0) is 4.79 Å². The fourth-order valence-electron chi connectivity index (χ4n) is 2.22. The van der Waals surface area contributed by atoms with E-state index >= 15 is 0 Å². The number of carbonyl (C=O) groups is 2. The molecule has 5 heteroatoms. The van der Waals surface area contributed by atoms with E-state index in [4.69, 9.17) is 5.73 Å². The van der Waals surface area contributed by atoms with Crippen molar-refractivity contribution in [3.8, 4) is 0 Å². The molecule has 5 nitrogen and oxygen atoms in total. The number of hydrogen-bond donors (Lipinski definition) is 3. The lowest BCUT2D eigenvalue weighted by Crippen LogP contribution is -2.53. The smallest absolute Gasteiger partial charge is 0.312 e. The van der Waals surface area contributed by atoms with Crippen LogP contribution < -0.4 is 16.4 Å². The number of urea groups is 1. The Morgan fingerprint density at radius 1 is 1.35 bits per heavy atom. The molecule has 2 unspecified atom stereocenters. The van der Waals surface area contributed by atoms with Crippen molar-refractivity contribution in [2.45, 2.75) is 58.0 Å². The molecule has 3 amide bonds. The summed E-state index contributed by atoms with van der Waals surface area (Å²) in [7, 11) is 0. The molecule has 0 aromatic rings. The predicted molar refractivity (Wildman–Crippen MR) is 66.4 cm³/mol. The molecule has 0 radical (unpaired) electrons. The number of primary amides is 1. The first kappa shape index (κ1) is 13.8. The van der Waals surface area contributed by atoms with E-state index in [1.165, 1.54) is 12.8 Å². The van der Waals surface area contributed by atoms with Crippen molar-refractivity contribution in [3.63, 3.8) is 0 Å². The fourth-order valence-corrected chi connectivity index (χ4v) is 2.22. The maximum Gasteiger partial charge on any atom is 0.312 e. The first-order chi connectivity index (χ1) is 8.04. The molecule has 0 aromatic carbocycles. The van der Waals surface area contributed by atoms with Gasteiger partial charge in [0.05, 0.1) is 0 Å². The Bertz CT molecular complexity index is 275. The lowest BCUT2D eigenvalue weighted by Gasteiger charge is -2.24. The Morgan fingerprint density at radius 3 is 2.41 bits per heavy atom. The lowest BCUT2D eigenvalue weighted by atomic mass is 9.98. The molecule has 1 rings (SSSR count). The van der Waals surface area contributed by atoms with Crippen LogP contribution in [0.25, 0.3) is 0 Å². The van der Waals surface area contributed by atoms with E-state index in [1.54, 1.807) is 0 Å². The largest absolute Gasteiger partial charge is 0.352 e. The third-order valence-electron chi connectivity index (χ3n) is 3.49. The molecule has 4 N–H and O–H groups in total. The van der Waals surface area contributed by atoms with Crippen molar-refractivity contribution >= 4 is 11.9 Å². The summed E-state index contributed by atoms with van der Waals surface area (Å²) in [5.74, 6) is -0.0195. The topological polar surface area (TPSA) is 84.2 Å². The SMILES string of the molecule is CCC(C)C(NC(N)=O)C(=O)NC1CCCC1. The Morgan fingerprint density at radius 2 is 1.94 bits per heavy atom. The molecule has 0 aliphatic heterocycles. The van der Waals surface area contributed by atoms with Crippen LogP contribution in [0.4, 0.5) is 4.79 Å². The average Bonchev–Trinajstić information content (AvgIpc) is 2.77. The summed E-state index contributed by atoms with van der Waals surface area (Å²) in [6, 6.07) is -0.890. The van der Waals surface area contributed by atoms with Gasteiger partial charge in [0.2, 0.25) is 5.91 Å². The molecule has 98 valence electrons. The summed E-state index contributed by atoms with van der Waals surface area (Å²) in [4.78, 5) is 23.0. The minimum Gasteiger partial charge on any atom is -0.352 e. The molecule has 0 bridgehead atoms. The summed E-state index contributed by atoms with van der Waals surface area (Å²) >= 11 is 0. The van der Waals surface area contributed by atoms with Gasteiger partial charge >= 0.3 is 6.03 Å². The molecule has 1 fully saturated rings. The number of hydrogen-bond acceptors (Lipinski definition) is 2. The monoisotopic (exact) mass is 241 g/mol. The summed E-state index contributed by atoms with van der Waals surface area (Å²) in [5, 5.41) is 5.52. The van der Waals surface area contributed by atoms with Crippen molar-refractivity contribution in [2.24, 2.45) is 11.7 Å². The molecule has 2 atom stereocenters. The molecule has 1 saturated carbocycles. The third-order valence-corrected chi connectivity index (χ3v) is 3.49. The van der Waals surface area contributed by atoms with Gasteiger partial charge in [-0.05, 0) is 18.8 Å². The van der Waals surface area contributed by atoms with Crippen molar-refractivity contribution in [1.29, 1.82) is 0 Å². The van der Waals surface area contributed by atoms with Gasteiger partial charge in [0.15, 0.2) is 0 Å². The Balaban J connectivity index is 2.54. The van der Waals surface area contributed by atoms with E-state index in [0.29, 0.717) is 0 Å². The van der Waals surface area contributed by atoms with Crippen LogP contribution >= 0.6 is 0 Å². The Labute approximate surface area is 103 Å². The van der Waals surface area contributed by atoms with Crippen LogP contribution in [-0.4, -0.2) is 24.0 Å². The summed E-state index contributed by atoms with van der Waals surface area (Å²) in [5.41, 5.74) is 5.10. The first-order valence-corrected chi connectivity index (χ1v) is 6.41. The molecule has 0 aromatic heterocycles. The zero-order chi connectivity index (χ0) is 12.8. The van der Waals surface area contributed by atoms with Crippen LogP contribution in [0, 0.1) is 5.92 Å². The highest BCUT2D eigenvalue weighted by Crippen LogP contribution is 2.18. The van der Waals surface area contributed by atoms with E-state index in [1.807, 2.05) is 13.8 Å². The Hall–Kier alpha value is -1.26. The number of amides is 3. The molecule has 1 aliphatic rings. The highest BCUT2D eigenvalue weighted by atomic mass is 16.2. The van der Waals surface area contributed by atoms with E-state index in [9.17, 15) is 9.59 Å². The average molecular weight is 241 g/mol. The molecule has 0 heterocycles. The van der Waals surface area contributed by atoms with Crippen LogP contribution in [0.1, 0.15) is 46.0 Å². The summed E-state index contributed by atoms with van der Waals surface area (Å²) in [6.07, 6.45) is 5.23. The van der Waals surface area contributed by atoms with E-state index in [-0.39, 0.29) is 17.9 Å². The highest BCUT2D eigenvalue weighted by Gasteiger charge is 2.27. The van der Waals surface area contributed by atoms with Gasteiger partial charge in [-0.3, -0.25) is 4.79 Å². The zero-order valence-corrected chi connectivity index (χ0v) is 10.7. The van der Waals surface area contributed by atoms with Crippen molar-refractivity contribution < 1.29 is 9.59 Å². The van der Waals surface area contributed by atoms with Gasteiger partial charge in [-0.2, -0.15) is 0 Å². The van der Waals surface area contributed by atoms with Crippen molar-refractivity contribution in [1.82, 2.24) is 10.6 Å². The molecule has 17 heavy (non-hydrogen) atoms.